The minimum atomic E-state index is -0.254. The summed E-state index contributed by atoms with van der Waals surface area (Å²) in [5.74, 6) is 0.391. The van der Waals surface area contributed by atoms with E-state index in [1.807, 2.05) is 6.92 Å². The normalized spacial score (nSPS) is 10.0. The number of nitrogens with zero attached hydrogens (tertiary/aromatic N) is 1. The second kappa shape index (κ2) is 9.00. The van der Waals surface area contributed by atoms with Gasteiger partial charge in [-0.25, -0.2) is 0 Å². The molecule has 116 valence electrons. The number of carbonyl (C=O) groups is 2. The molecule has 0 heterocycles. The van der Waals surface area contributed by atoms with Gasteiger partial charge in [0.25, 0.3) is 5.91 Å². The predicted octanol–water partition coefficient (Wildman–Crippen LogP) is 2.07. The van der Waals surface area contributed by atoms with E-state index in [4.69, 9.17) is 4.74 Å². The Morgan fingerprint density at radius 1 is 1.19 bits per heavy atom. The van der Waals surface area contributed by atoms with Crippen molar-refractivity contribution in [2.45, 2.75) is 26.7 Å². The molecule has 0 radical (unpaired) electrons. The standard InChI is InChI=1S/C16H24N2O3/c1-4-6-11-18(3)15(19)12-17-16(20)13-7-9-14(10-8-13)21-5-2/h7-10H,4-6,11-12H2,1-3H3,(H,17,20). The van der Waals surface area contributed by atoms with Crippen LogP contribution in [0.5, 0.6) is 5.75 Å². The lowest BCUT2D eigenvalue weighted by atomic mass is 10.2. The molecular weight excluding hydrogens is 268 g/mol. The van der Waals surface area contributed by atoms with Gasteiger partial charge in [0.2, 0.25) is 5.91 Å². The van der Waals surface area contributed by atoms with E-state index < -0.39 is 0 Å². The van der Waals surface area contributed by atoms with E-state index in [9.17, 15) is 9.59 Å². The van der Waals surface area contributed by atoms with Gasteiger partial charge in [0.15, 0.2) is 0 Å². The van der Waals surface area contributed by atoms with Crippen molar-refractivity contribution in [3.05, 3.63) is 29.8 Å². The smallest absolute Gasteiger partial charge is 0.251 e. The Labute approximate surface area is 126 Å². The van der Waals surface area contributed by atoms with E-state index in [2.05, 4.69) is 12.2 Å². The van der Waals surface area contributed by atoms with E-state index in [-0.39, 0.29) is 18.4 Å². The zero-order valence-corrected chi connectivity index (χ0v) is 13.0. The van der Waals surface area contributed by atoms with Gasteiger partial charge in [-0.3, -0.25) is 9.59 Å². The summed E-state index contributed by atoms with van der Waals surface area (Å²) in [4.78, 5) is 25.4. The number of rotatable bonds is 8. The van der Waals surface area contributed by atoms with Gasteiger partial charge in [-0.2, -0.15) is 0 Å². The predicted molar refractivity (Wildman–Crippen MR) is 82.5 cm³/mol. The summed E-state index contributed by atoms with van der Waals surface area (Å²) in [6, 6.07) is 6.86. The highest BCUT2D eigenvalue weighted by molar-refractivity contribution is 5.96. The monoisotopic (exact) mass is 292 g/mol. The lowest BCUT2D eigenvalue weighted by molar-refractivity contribution is -0.128. The van der Waals surface area contributed by atoms with Crippen molar-refractivity contribution in [2.24, 2.45) is 0 Å². The SMILES string of the molecule is CCCCN(C)C(=O)CNC(=O)c1ccc(OCC)cc1. The highest BCUT2D eigenvalue weighted by Crippen LogP contribution is 2.11. The molecule has 21 heavy (non-hydrogen) atoms. The number of nitrogens with one attached hydrogen (secondary N) is 1. The fourth-order valence-electron chi connectivity index (χ4n) is 1.78. The summed E-state index contributed by atoms with van der Waals surface area (Å²) in [5, 5.41) is 2.64. The fraction of sp³-hybridized carbons (Fsp3) is 0.500. The minimum absolute atomic E-state index is 0.0201. The number of hydrogen-bond donors (Lipinski definition) is 1. The molecule has 0 spiro atoms. The van der Waals surface area contributed by atoms with Gasteiger partial charge in [-0.1, -0.05) is 13.3 Å². The molecule has 0 unspecified atom stereocenters. The van der Waals surface area contributed by atoms with Gasteiger partial charge < -0.3 is 15.0 Å². The molecule has 0 saturated heterocycles. The van der Waals surface area contributed by atoms with Crippen molar-refractivity contribution in [1.82, 2.24) is 10.2 Å². The highest BCUT2D eigenvalue weighted by atomic mass is 16.5. The number of benzene rings is 1. The molecule has 5 nitrogen and oxygen atoms in total. The number of amides is 2. The molecular formula is C16H24N2O3. The summed E-state index contributed by atoms with van der Waals surface area (Å²) in [6.07, 6.45) is 2.01. The average molecular weight is 292 g/mol. The number of ether oxygens (including phenoxy) is 1. The summed E-state index contributed by atoms with van der Waals surface area (Å²) in [6.45, 7) is 5.30. The average Bonchev–Trinajstić information content (AvgIpc) is 2.50. The molecule has 0 aliphatic carbocycles. The molecule has 0 atom stereocenters. The van der Waals surface area contributed by atoms with Crippen LogP contribution in [0.25, 0.3) is 0 Å². The first-order valence-electron chi connectivity index (χ1n) is 7.33. The Hall–Kier alpha value is -2.04. The first-order chi connectivity index (χ1) is 10.1. The van der Waals surface area contributed by atoms with Crippen molar-refractivity contribution in [1.29, 1.82) is 0 Å². The van der Waals surface area contributed by atoms with Gasteiger partial charge in [0, 0.05) is 19.2 Å². The number of unbranched alkanes of at least 4 members (excludes halogenated alkanes) is 1. The van der Waals surface area contributed by atoms with Gasteiger partial charge in [0.1, 0.15) is 5.75 Å². The molecule has 1 N–H and O–H groups in total. The Kier molecular flexibility index (Phi) is 7.29. The van der Waals surface area contributed by atoms with Gasteiger partial charge in [-0.05, 0) is 37.6 Å². The molecule has 1 aromatic carbocycles. The van der Waals surface area contributed by atoms with E-state index in [1.54, 1.807) is 36.2 Å². The molecule has 0 aromatic heterocycles. The van der Waals surface area contributed by atoms with E-state index in [1.165, 1.54) is 0 Å². The maximum atomic E-state index is 11.9. The van der Waals surface area contributed by atoms with E-state index >= 15 is 0 Å². The van der Waals surface area contributed by atoms with Crippen molar-refractivity contribution in [3.8, 4) is 5.75 Å². The minimum Gasteiger partial charge on any atom is -0.494 e. The molecule has 2 amide bonds. The highest BCUT2D eigenvalue weighted by Gasteiger charge is 2.11. The van der Waals surface area contributed by atoms with Crippen LogP contribution in [0.3, 0.4) is 0 Å². The third-order valence-corrected chi connectivity index (χ3v) is 3.10. The largest absolute Gasteiger partial charge is 0.494 e. The van der Waals surface area contributed by atoms with Crippen LogP contribution in [0.15, 0.2) is 24.3 Å². The van der Waals surface area contributed by atoms with Gasteiger partial charge in [0.05, 0.1) is 13.2 Å². The lowest BCUT2D eigenvalue weighted by Gasteiger charge is -2.17. The number of hydrogen-bond acceptors (Lipinski definition) is 3. The second-order valence-corrected chi connectivity index (χ2v) is 4.81. The number of carbonyl (C=O) groups excluding carboxylic acids is 2. The summed E-state index contributed by atoms with van der Waals surface area (Å²) >= 11 is 0. The van der Waals surface area contributed by atoms with Crippen molar-refractivity contribution >= 4 is 11.8 Å². The molecule has 1 rings (SSSR count). The molecule has 0 aliphatic rings. The van der Waals surface area contributed by atoms with E-state index in [0.717, 1.165) is 18.6 Å². The van der Waals surface area contributed by atoms with Crippen LogP contribution >= 0.6 is 0 Å². The Bertz CT molecular complexity index is 457. The van der Waals surface area contributed by atoms with Gasteiger partial charge >= 0.3 is 0 Å². The summed E-state index contributed by atoms with van der Waals surface area (Å²) < 4.78 is 5.32. The molecule has 0 saturated carbocycles. The molecule has 1 aromatic rings. The first kappa shape index (κ1) is 17.0. The second-order valence-electron chi connectivity index (χ2n) is 4.81. The van der Waals surface area contributed by atoms with Crippen LogP contribution in [0.2, 0.25) is 0 Å². The van der Waals surface area contributed by atoms with Crippen LogP contribution in [0, 0.1) is 0 Å². The summed E-state index contributed by atoms with van der Waals surface area (Å²) in [7, 11) is 1.75. The maximum Gasteiger partial charge on any atom is 0.251 e. The summed E-state index contributed by atoms with van der Waals surface area (Å²) in [5.41, 5.74) is 0.516. The van der Waals surface area contributed by atoms with E-state index in [0.29, 0.717) is 18.7 Å². The molecule has 0 fully saturated rings. The topological polar surface area (TPSA) is 58.6 Å². The zero-order valence-electron chi connectivity index (χ0n) is 13.0. The molecule has 0 bridgehead atoms. The Morgan fingerprint density at radius 2 is 1.86 bits per heavy atom. The van der Waals surface area contributed by atoms with Gasteiger partial charge in [-0.15, -0.1) is 0 Å². The van der Waals surface area contributed by atoms with Crippen molar-refractivity contribution in [2.75, 3.05) is 26.7 Å². The van der Waals surface area contributed by atoms with Crippen LogP contribution in [0.4, 0.5) is 0 Å². The maximum absolute atomic E-state index is 11.9. The van der Waals surface area contributed by atoms with Crippen LogP contribution in [-0.2, 0) is 4.79 Å². The zero-order chi connectivity index (χ0) is 15.7. The van der Waals surface area contributed by atoms with Crippen molar-refractivity contribution in [3.63, 3.8) is 0 Å². The third-order valence-electron chi connectivity index (χ3n) is 3.10. The molecule has 0 aliphatic heterocycles. The van der Waals surface area contributed by atoms with Crippen LogP contribution < -0.4 is 10.1 Å². The first-order valence-corrected chi connectivity index (χ1v) is 7.33. The number of likely N-dealkylation sites (N-methyl/N-ethyl adjacent to an activating group) is 1. The quantitative estimate of drug-likeness (QED) is 0.798. The van der Waals surface area contributed by atoms with Crippen LogP contribution in [-0.4, -0.2) is 43.5 Å². The van der Waals surface area contributed by atoms with Crippen molar-refractivity contribution < 1.29 is 14.3 Å². The molecule has 5 heteroatoms. The third kappa shape index (κ3) is 5.85. The fourth-order valence-corrected chi connectivity index (χ4v) is 1.78. The Balaban J connectivity index is 2.44. The van der Waals surface area contributed by atoms with Crippen LogP contribution in [0.1, 0.15) is 37.0 Å². The Morgan fingerprint density at radius 3 is 2.43 bits per heavy atom. The lowest BCUT2D eigenvalue weighted by Crippen LogP contribution is -2.38.